The Labute approximate surface area is 103 Å². The standard InChI is InChI=1S/C11H11ClN2OS/c12-8-2-1-3-9(6-8)14-10(7-15)11-13-4-5-16-11/h1-6,10,14-15H,7H2. The van der Waals surface area contributed by atoms with Gasteiger partial charge in [-0.3, -0.25) is 0 Å². The molecule has 2 N–H and O–H groups in total. The molecule has 0 aliphatic heterocycles. The van der Waals surface area contributed by atoms with Crippen molar-refractivity contribution in [2.45, 2.75) is 6.04 Å². The molecule has 0 amide bonds. The smallest absolute Gasteiger partial charge is 0.117 e. The molecule has 3 nitrogen and oxygen atoms in total. The zero-order chi connectivity index (χ0) is 11.4. The third-order valence-electron chi connectivity index (χ3n) is 2.10. The predicted octanol–water partition coefficient (Wildman–Crippen LogP) is 2.94. The van der Waals surface area contributed by atoms with E-state index in [1.54, 1.807) is 6.20 Å². The van der Waals surface area contributed by atoms with E-state index in [4.69, 9.17) is 11.6 Å². The van der Waals surface area contributed by atoms with Gasteiger partial charge >= 0.3 is 0 Å². The van der Waals surface area contributed by atoms with Gasteiger partial charge in [0.2, 0.25) is 0 Å². The lowest BCUT2D eigenvalue weighted by atomic mass is 10.2. The van der Waals surface area contributed by atoms with E-state index in [0.717, 1.165) is 10.7 Å². The van der Waals surface area contributed by atoms with Crippen LogP contribution in [-0.4, -0.2) is 16.7 Å². The van der Waals surface area contributed by atoms with Crippen LogP contribution in [0, 0.1) is 0 Å². The van der Waals surface area contributed by atoms with E-state index in [1.807, 2.05) is 29.6 Å². The second-order valence-corrected chi connectivity index (χ2v) is 4.62. The van der Waals surface area contributed by atoms with E-state index in [1.165, 1.54) is 11.3 Å². The molecular formula is C11H11ClN2OS. The van der Waals surface area contributed by atoms with Crippen molar-refractivity contribution in [3.8, 4) is 0 Å². The molecule has 0 saturated carbocycles. The summed E-state index contributed by atoms with van der Waals surface area (Å²) in [4.78, 5) is 4.17. The first kappa shape index (κ1) is 11.4. The van der Waals surface area contributed by atoms with Crippen LogP contribution >= 0.6 is 22.9 Å². The highest BCUT2D eigenvalue weighted by Crippen LogP contribution is 2.22. The van der Waals surface area contributed by atoms with Crippen molar-refractivity contribution < 1.29 is 5.11 Å². The summed E-state index contributed by atoms with van der Waals surface area (Å²) in [6.07, 6.45) is 1.72. The van der Waals surface area contributed by atoms with Crippen molar-refractivity contribution >= 4 is 28.6 Å². The van der Waals surface area contributed by atoms with Gasteiger partial charge < -0.3 is 10.4 Å². The first-order valence-electron chi connectivity index (χ1n) is 4.82. The molecule has 2 rings (SSSR count). The number of hydrogen-bond acceptors (Lipinski definition) is 4. The van der Waals surface area contributed by atoms with Gasteiger partial charge in [-0.15, -0.1) is 11.3 Å². The molecule has 16 heavy (non-hydrogen) atoms. The number of aromatic nitrogens is 1. The Kier molecular flexibility index (Phi) is 3.77. The maximum Gasteiger partial charge on any atom is 0.117 e. The molecule has 0 spiro atoms. The van der Waals surface area contributed by atoms with Crippen LogP contribution in [0.25, 0.3) is 0 Å². The first-order chi connectivity index (χ1) is 7.79. The summed E-state index contributed by atoms with van der Waals surface area (Å²) in [5.41, 5.74) is 0.877. The first-order valence-corrected chi connectivity index (χ1v) is 6.07. The fourth-order valence-electron chi connectivity index (χ4n) is 1.37. The normalized spacial score (nSPS) is 12.4. The minimum Gasteiger partial charge on any atom is -0.394 e. The maximum atomic E-state index is 9.30. The zero-order valence-electron chi connectivity index (χ0n) is 8.43. The Morgan fingerprint density at radius 2 is 2.38 bits per heavy atom. The number of thiazole rings is 1. The number of hydrogen-bond donors (Lipinski definition) is 2. The summed E-state index contributed by atoms with van der Waals surface area (Å²) in [5, 5.41) is 15.9. The fourth-order valence-corrected chi connectivity index (χ4v) is 2.24. The van der Waals surface area contributed by atoms with Gasteiger partial charge in [-0.05, 0) is 18.2 Å². The highest BCUT2D eigenvalue weighted by atomic mass is 35.5. The molecule has 1 heterocycles. The van der Waals surface area contributed by atoms with Gasteiger partial charge in [0.05, 0.1) is 6.61 Å². The highest BCUT2D eigenvalue weighted by Gasteiger charge is 2.12. The molecule has 0 fully saturated rings. The molecule has 1 aromatic heterocycles. The number of rotatable bonds is 4. The van der Waals surface area contributed by atoms with E-state index in [0.29, 0.717) is 5.02 Å². The zero-order valence-corrected chi connectivity index (χ0v) is 10.0. The molecule has 5 heteroatoms. The van der Waals surface area contributed by atoms with Crippen molar-refractivity contribution in [2.75, 3.05) is 11.9 Å². The van der Waals surface area contributed by atoms with Crippen molar-refractivity contribution in [1.82, 2.24) is 4.98 Å². The summed E-state index contributed by atoms with van der Waals surface area (Å²) >= 11 is 7.39. The lowest BCUT2D eigenvalue weighted by molar-refractivity contribution is 0.276. The monoisotopic (exact) mass is 254 g/mol. The second-order valence-electron chi connectivity index (χ2n) is 3.26. The average Bonchev–Trinajstić information content (AvgIpc) is 2.79. The number of aliphatic hydroxyl groups excluding tert-OH is 1. The van der Waals surface area contributed by atoms with Gasteiger partial charge in [0, 0.05) is 22.3 Å². The summed E-state index contributed by atoms with van der Waals surface area (Å²) in [5.74, 6) is 0. The SMILES string of the molecule is OCC(Nc1cccc(Cl)c1)c1nccs1. The molecule has 2 aromatic rings. The van der Waals surface area contributed by atoms with Gasteiger partial charge in [-0.2, -0.15) is 0 Å². The Morgan fingerprint density at radius 3 is 3.00 bits per heavy atom. The molecule has 1 unspecified atom stereocenters. The third kappa shape index (κ3) is 2.72. The Bertz CT molecular complexity index is 447. The Morgan fingerprint density at radius 1 is 1.50 bits per heavy atom. The van der Waals surface area contributed by atoms with Crippen LogP contribution in [0.3, 0.4) is 0 Å². The quantitative estimate of drug-likeness (QED) is 0.882. The molecule has 0 radical (unpaired) electrons. The summed E-state index contributed by atoms with van der Waals surface area (Å²) in [6.45, 7) is 0.0000265. The van der Waals surface area contributed by atoms with Gasteiger partial charge in [0.15, 0.2) is 0 Å². The van der Waals surface area contributed by atoms with E-state index < -0.39 is 0 Å². The molecule has 1 aromatic carbocycles. The maximum absolute atomic E-state index is 9.30. The van der Waals surface area contributed by atoms with E-state index >= 15 is 0 Å². The Balaban J connectivity index is 2.13. The van der Waals surface area contributed by atoms with Gasteiger partial charge in [-0.1, -0.05) is 17.7 Å². The van der Waals surface area contributed by atoms with Gasteiger partial charge in [-0.25, -0.2) is 4.98 Å². The van der Waals surface area contributed by atoms with Crippen LogP contribution < -0.4 is 5.32 Å². The van der Waals surface area contributed by atoms with Crippen molar-refractivity contribution in [3.05, 3.63) is 45.9 Å². The minimum atomic E-state index is -0.182. The van der Waals surface area contributed by atoms with Crippen molar-refractivity contribution in [3.63, 3.8) is 0 Å². The van der Waals surface area contributed by atoms with Crippen LogP contribution in [0.4, 0.5) is 5.69 Å². The summed E-state index contributed by atoms with van der Waals surface area (Å²) < 4.78 is 0. The van der Waals surface area contributed by atoms with Crippen LogP contribution in [0.15, 0.2) is 35.8 Å². The number of nitrogens with zero attached hydrogens (tertiary/aromatic N) is 1. The molecule has 0 bridgehead atoms. The third-order valence-corrected chi connectivity index (χ3v) is 3.22. The van der Waals surface area contributed by atoms with Crippen LogP contribution in [0.2, 0.25) is 5.02 Å². The number of aliphatic hydroxyl groups is 1. The van der Waals surface area contributed by atoms with E-state index in [9.17, 15) is 5.11 Å². The molecule has 84 valence electrons. The largest absolute Gasteiger partial charge is 0.394 e. The number of benzene rings is 1. The average molecular weight is 255 g/mol. The van der Waals surface area contributed by atoms with Crippen molar-refractivity contribution in [2.24, 2.45) is 0 Å². The van der Waals surface area contributed by atoms with Gasteiger partial charge in [0.25, 0.3) is 0 Å². The minimum absolute atomic E-state index is 0.0000265. The number of nitrogens with one attached hydrogen (secondary N) is 1. The summed E-state index contributed by atoms with van der Waals surface area (Å²) in [7, 11) is 0. The van der Waals surface area contributed by atoms with Crippen molar-refractivity contribution in [1.29, 1.82) is 0 Å². The van der Waals surface area contributed by atoms with Crippen LogP contribution in [0.1, 0.15) is 11.0 Å². The highest BCUT2D eigenvalue weighted by molar-refractivity contribution is 7.09. The molecule has 0 aliphatic carbocycles. The van der Waals surface area contributed by atoms with Gasteiger partial charge in [0.1, 0.15) is 11.0 Å². The van der Waals surface area contributed by atoms with Crippen LogP contribution in [-0.2, 0) is 0 Å². The molecular weight excluding hydrogens is 244 g/mol. The number of halogens is 1. The van der Waals surface area contributed by atoms with Crippen LogP contribution in [0.5, 0.6) is 0 Å². The molecule has 0 saturated heterocycles. The second kappa shape index (κ2) is 5.30. The molecule has 1 atom stereocenters. The number of anilines is 1. The lowest BCUT2D eigenvalue weighted by Crippen LogP contribution is -2.14. The lowest BCUT2D eigenvalue weighted by Gasteiger charge is -2.15. The topological polar surface area (TPSA) is 45.1 Å². The summed E-state index contributed by atoms with van der Waals surface area (Å²) in [6, 6.07) is 7.21. The predicted molar refractivity (Wildman–Crippen MR) is 67.0 cm³/mol. The van der Waals surface area contributed by atoms with E-state index in [-0.39, 0.29) is 12.6 Å². The fraction of sp³-hybridized carbons (Fsp3) is 0.182. The Hall–Kier alpha value is -1.10. The molecule has 0 aliphatic rings. The van der Waals surface area contributed by atoms with E-state index in [2.05, 4.69) is 10.3 Å².